The van der Waals surface area contributed by atoms with Crippen LogP contribution >= 0.6 is 11.3 Å². The molecule has 116 valence electrons. The van der Waals surface area contributed by atoms with Crippen molar-refractivity contribution in [2.75, 3.05) is 26.9 Å². The van der Waals surface area contributed by atoms with Gasteiger partial charge in [0.15, 0.2) is 0 Å². The van der Waals surface area contributed by atoms with Crippen LogP contribution in [0, 0.1) is 0 Å². The fraction of sp³-hybridized carbons (Fsp3) is 0.727. The molecule has 0 aliphatic rings. The molecule has 0 aliphatic carbocycles. The SMILES string of the molecule is COCCNCc1csc(COCC(F)(F)C(F)F)n1. The third-order valence-electron chi connectivity index (χ3n) is 2.23. The standard InChI is InChI=1S/C11H16F4N2O2S/c1-18-3-2-16-4-8-6-20-9(17-8)5-19-7-11(14,15)10(12)13/h6,10,16H,2-5,7H2,1H3. The van der Waals surface area contributed by atoms with Crippen LogP contribution in [-0.4, -0.2) is 44.2 Å². The molecule has 20 heavy (non-hydrogen) atoms. The highest BCUT2D eigenvalue weighted by Crippen LogP contribution is 2.23. The minimum Gasteiger partial charge on any atom is -0.383 e. The summed E-state index contributed by atoms with van der Waals surface area (Å²) < 4.78 is 58.4. The molecule has 0 amide bonds. The summed E-state index contributed by atoms with van der Waals surface area (Å²) in [7, 11) is 1.59. The van der Waals surface area contributed by atoms with E-state index >= 15 is 0 Å². The minimum absolute atomic E-state index is 0.203. The zero-order valence-electron chi connectivity index (χ0n) is 10.9. The number of ether oxygens (including phenoxy) is 2. The van der Waals surface area contributed by atoms with Crippen molar-refractivity contribution in [1.29, 1.82) is 0 Å². The summed E-state index contributed by atoms with van der Waals surface area (Å²) in [5.41, 5.74) is 0.741. The van der Waals surface area contributed by atoms with Crippen LogP contribution in [0.4, 0.5) is 17.6 Å². The van der Waals surface area contributed by atoms with Crippen molar-refractivity contribution >= 4 is 11.3 Å². The van der Waals surface area contributed by atoms with Crippen LogP contribution in [0.5, 0.6) is 0 Å². The van der Waals surface area contributed by atoms with E-state index in [9.17, 15) is 17.6 Å². The smallest absolute Gasteiger partial charge is 0.330 e. The third-order valence-corrected chi connectivity index (χ3v) is 3.10. The Kier molecular flexibility index (Phi) is 7.35. The number of nitrogens with zero attached hydrogens (tertiary/aromatic N) is 1. The maximum atomic E-state index is 12.6. The number of rotatable bonds is 10. The van der Waals surface area contributed by atoms with E-state index in [1.165, 1.54) is 11.3 Å². The number of methoxy groups -OCH3 is 1. The first kappa shape index (κ1) is 17.3. The quantitative estimate of drug-likeness (QED) is 0.531. The van der Waals surface area contributed by atoms with E-state index < -0.39 is 19.0 Å². The fourth-order valence-electron chi connectivity index (χ4n) is 1.22. The van der Waals surface area contributed by atoms with Crippen molar-refractivity contribution < 1.29 is 27.0 Å². The maximum absolute atomic E-state index is 12.6. The molecule has 0 fully saturated rings. The van der Waals surface area contributed by atoms with E-state index in [2.05, 4.69) is 15.0 Å². The molecule has 0 saturated heterocycles. The molecule has 0 atom stereocenters. The Balaban J connectivity index is 2.26. The van der Waals surface area contributed by atoms with Gasteiger partial charge in [0.2, 0.25) is 0 Å². The van der Waals surface area contributed by atoms with Crippen LogP contribution in [0.1, 0.15) is 10.7 Å². The molecule has 1 rings (SSSR count). The van der Waals surface area contributed by atoms with Gasteiger partial charge in [0, 0.05) is 25.6 Å². The summed E-state index contributed by atoms with van der Waals surface area (Å²) in [6, 6.07) is 0. The molecule has 0 unspecified atom stereocenters. The molecule has 0 radical (unpaired) electrons. The van der Waals surface area contributed by atoms with Gasteiger partial charge in [-0.25, -0.2) is 13.8 Å². The minimum atomic E-state index is -4.12. The molecule has 0 spiro atoms. The van der Waals surface area contributed by atoms with Crippen LogP contribution in [-0.2, 0) is 22.6 Å². The summed E-state index contributed by atoms with van der Waals surface area (Å²) in [5, 5.41) is 5.30. The Morgan fingerprint density at radius 2 is 2.20 bits per heavy atom. The Morgan fingerprint density at radius 1 is 1.45 bits per heavy atom. The van der Waals surface area contributed by atoms with Gasteiger partial charge in [-0.05, 0) is 0 Å². The predicted octanol–water partition coefficient (Wildman–Crippen LogP) is 2.30. The first-order valence-electron chi connectivity index (χ1n) is 5.82. The Bertz CT molecular complexity index is 390. The second kappa shape index (κ2) is 8.50. The number of hydrogen-bond donors (Lipinski definition) is 1. The fourth-order valence-corrected chi connectivity index (χ4v) is 1.95. The Morgan fingerprint density at radius 3 is 2.85 bits per heavy atom. The number of alkyl halides is 4. The normalized spacial score (nSPS) is 12.3. The third kappa shape index (κ3) is 6.12. The highest BCUT2D eigenvalue weighted by molar-refractivity contribution is 7.09. The highest BCUT2D eigenvalue weighted by Gasteiger charge is 2.40. The van der Waals surface area contributed by atoms with E-state index in [0.29, 0.717) is 24.7 Å². The summed E-state index contributed by atoms with van der Waals surface area (Å²) in [6.45, 7) is 0.243. The van der Waals surface area contributed by atoms with Crippen molar-refractivity contribution in [1.82, 2.24) is 10.3 Å². The van der Waals surface area contributed by atoms with Crippen molar-refractivity contribution in [2.45, 2.75) is 25.5 Å². The van der Waals surface area contributed by atoms with Crippen molar-refractivity contribution in [2.24, 2.45) is 0 Å². The van der Waals surface area contributed by atoms with E-state index in [-0.39, 0.29) is 6.61 Å². The van der Waals surface area contributed by atoms with Gasteiger partial charge in [0.25, 0.3) is 0 Å². The van der Waals surface area contributed by atoms with Gasteiger partial charge in [-0.3, -0.25) is 0 Å². The number of hydrogen-bond acceptors (Lipinski definition) is 5. The highest BCUT2D eigenvalue weighted by atomic mass is 32.1. The van der Waals surface area contributed by atoms with Gasteiger partial charge < -0.3 is 14.8 Å². The molecular weight excluding hydrogens is 300 g/mol. The number of halogens is 4. The average Bonchev–Trinajstić information content (AvgIpc) is 2.82. The van der Waals surface area contributed by atoms with Crippen molar-refractivity contribution in [3.8, 4) is 0 Å². The lowest BCUT2D eigenvalue weighted by Crippen LogP contribution is -2.32. The van der Waals surface area contributed by atoms with E-state index in [4.69, 9.17) is 4.74 Å². The molecular formula is C11H16F4N2O2S. The number of aromatic nitrogens is 1. The summed E-state index contributed by atoms with van der Waals surface area (Å²) >= 11 is 1.23. The lowest BCUT2D eigenvalue weighted by molar-refractivity contribution is -0.168. The largest absolute Gasteiger partial charge is 0.383 e. The van der Waals surface area contributed by atoms with E-state index in [1.807, 2.05) is 0 Å². The summed E-state index contributed by atoms with van der Waals surface area (Å²) in [6.07, 6.45) is -3.72. The van der Waals surface area contributed by atoms with Crippen molar-refractivity contribution in [3.63, 3.8) is 0 Å². The van der Waals surface area contributed by atoms with Gasteiger partial charge in [0.05, 0.1) is 18.9 Å². The van der Waals surface area contributed by atoms with E-state index in [0.717, 1.165) is 5.69 Å². The molecule has 4 nitrogen and oxygen atoms in total. The zero-order chi connectivity index (χ0) is 15.0. The summed E-state index contributed by atoms with van der Waals surface area (Å²) in [4.78, 5) is 4.13. The lowest BCUT2D eigenvalue weighted by Gasteiger charge is -2.14. The van der Waals surface area contributed by atoms with E-state index in [1.54, 1.807) is 12.5 Å². The lowest BCUT2D eigenvalue weighted by atomic mass is 10.4. The number of nitrogens with one attached hydrogen (secondary N) is 1. The molecule has 0 saturated carbocycles. The van der Waals surface area contributed by atoms with Gasteiger partial charge in [0.1, 0.15) is 11.6 Å². The molecule has 1 aromatic heterocycles. The molecule has 0 aromatic carbocycles. The van der Waals surface area contributed by atoms with Crippen LogP contribution in [0.25, 0.3) is 0 Å². The molecule has 0 bridgehead atoms. The number of thiazole rings is 1. The maximum Gasteiger partial charge on any atom is 0.330 e. The van der Waals surface area contributed by atoms with Gasteiger partial charge in [-0.15, -0.1) is 11.3 Å². The first-order valence-corrected chi connectivity index (χ1v) is 6.70. The van der Waals surface area contributed by atoms with Gasteiger partial charge in [-0.2, -0.15) is 8.78 Å². The zero-order valence-corrected chi connectivity index (χ0v) is 11.7. The summed E-state index contributed by atoms with van der Waals surface area (Å²) in [5.74, 6) is -4.12. The van der Waals surface area contributed by atoms with Crippen LogP contribution in [0.2, 0.25) is 0 Å². The molecule has 1 aromatic rings. The molecule has 0 aliphatic heterocycles. The topological polar surface area (TPSA) is 43.4 Å². The Hall–Kier alpha value is -0.770. The van der Waals surface area contributed by atoms with Gasteiger partial charge in [-0.1, -0.05) is 0 Å². The van der Waals surface area contributed by atoms with Crippen LogP contribution in [0.15, 0.2) is 5.38 Å². The monoisotopic (exact) mass is 316 g/mol. The molecule has 9 heteroatoms. The predicted molar refractivity (Wildman–Crippen MR) is 66.3 cm³/mol. The Labute approximate surface area is 118 Å². The molecule has 1 heterocycles. The molecule has 1 N–H and O–H groups in total. The van der Waals surface area contributed by atoms with Gasteiger partial charge >= 0.3 is 12.3 Å². The van der Waals surface area contributed by atoms with Crippen LogP contribution < -0.4 is 5.32 Å². The van der Waals surface area contributed by atoms with Crippen molar-refractivity contribution in [3.05, 3.63) is 16.1 Å². The second-order valence-electron chi connectivity index (χ2n) is 3.96. The van der Waals surface area contributed by atoms with Crippen LogP contribution in [0.3, 0.4) is 0 Å². The first-order chi connectivity index (χ1) is 9.45. The average molecular weight is 316 g/mol. The second-order valence-corrected chi connectivity index (χ2v) is 4.90.